The van der Waals surface area contributed by atoms with Crippen LogP contribution in [0.2, 0.25) is 0 Å². The molecule has 0 unspecified atom stereocenters. The largest absolute Gasteiger partial charge is 0.325 e. The van der Waals surface area contributed by atoms with Gasteiger partial charge in [-0.1, -0.05) is 46.3 Å². The van der Waals surface area contributed by atoms with E-state index in [1.807, 2.05) is 24.3 Å². The lowest BCUT2D eigenvalue weighted by molar-refractivity contribution is 1.00. The predicted molar refractivity (Wildman–Crippen MR) is 78.2 cm³/mol. The number of rotatable bonds is 2. The molecule has 3 heteroatoms. The highest BCUT2D eigenvalue weighted by molar-refractivity contribution is 9.10. The Bertz CT molecular complexity index is 607. The molecule has 0 fully saturated rings. The smallest absolute Gasteiger partial charge is 0.105 e. The van der Waals surface area contributed by atoms with Gasteiger partial charge in [0.2, 0.25) is 0 Å². The maximum atomic E-state index is 8.11. The topological polar surface area (TPSA) is 27.1 Å². The summed E-state index contributed by atoms with van der Waals surface area (Å²) in [5.41, 5.74) is 3.63. The van der Waals surface area contributed by atoms with Crippen molar-refractivity contribution in [1.82, 2.24) is 0 Å². The van der Waals surface area contributed by atoms with E-state index in [-0.39, 0.29) is 0 Å². The lowest BCUT2D eigenvalue weighted by Gasteiger charge is -2.19. The first-order valence-electron chi connectivity index (χ1n) is 5.91. The molecule has 2 aromatic carbocycles. The van der Waals surface area contributed by atoms with Crippen LogP contribution in [0.25, 0.3) is 0 Å². The van der Waals surface area contributed by atoms with Crippen LogP contribution in [-0.2, 0) is 13.0 Å². The fraction of sp³-hybridized carbons (Fsp3) is 0.133. The molecule has 1 heterocycles. The Kier molecular flexibility index (Phi) is 2.92. The first-order valence-corrected chi connectivity index (χ1v) is 6.70. The van der Waals surface area contributed by atoms with Crippen LogP contribution in [0, 0.1) is 5.41 Å². The molecule has 1 aliphatic heterocycles. The van der Waals surface area contributed by atoms with Gasteiger partial charge in [0, 0.05) is 23.1 Å². The maximum Gasteiger partial charge on any atom is 0.105 e. The van der Waals surface area contributed by atoms with Gasteiger partial charge in [-0.25, -0.2) is 0 Å². The monoisotopic (exact) mass is 300 g/mol. The SMILES string of the molecule is N=C1Cc2ccccc2N1Cc1cccc(Br)c1. The van der Waals surface area contributed by atoms with Crippen LogP contribution in [-0.4, -0.2) is 5.84 Å². The lowest BCUT2D eigenvalue weighted by atomic mass is 10.1. The van der Waals surface area contributed by atoms with Crippen molar-refractivity contribution in [1.29, 1.82) is 5.41 Å². The third-order valence-corrected chi connectivity index (χ3v) is 3.69. The number of hydrogen-bond acceptors (Lipinski definition) is 1. The second kappa shape index (κ2) is 4.58. The quantitative estimate of drug-likeness (QED) is 0.892. The molecule has 90 valence electrons. The van der Waals surface area contributed by atoms with Crippen LogP contribution in [0.1, 0.15) is 11.1 Å². The summed E-state index contributed by atoms with van der Waals surface area (Å²) in [7, 11) is 0. The van der Waals surface area contributed by atoms with Crippen LogP contribution in [0.3, 0.4) is 0 Å². The van der Waals surface area contributed by atoms with Gasteiger partial charge in [-0.15, -0.1) is 0 Å². The molecule has 18 heavy (non-hydrogen) atoms. The highest BCUT2D eigenvalue weighted by Gasteiger charge is 2.23. The summed E-state index contributed by atoms with van der Waals surface area (Å²) < 4.78 is 1.08. The summed E-state index contributed by atoms with van der Waals surface area (Å²) in [4.78, 5) is 2.08. The van der Waals surface area contributed by atoms with Gasteiger partial charge in [-0.05, 0) is 29.3 Å². The van der Waals surface area contributed by atoms with Crippen molar-refractivity contribution in [2.45, 2.75) is 13.0 Å². The number of nitrogens with zero attached hydrogens (tertiary/aromatic N) is 1. The molecule has 1 aliphatic rings. The highest BCUT2D eigenvalue weighted by Crippen LogP contribution is 2.30. The summed E-state index contributed by atoms with van der Waals surface area (Å²) >= 11 is 3.49. The predicted octanol–water partition coefficient (Wildman–Crippen LogP) is 3.99. The third kappa shape index (κ3) is 2.06. The summed E-state index contributed by atoms with van der Waals surface area (Å²) in [6.07, 6.45) is 0.740. The first-order chi connectivity index (χ1) is 8.74. The zero-order chi connectivity index (χ0) is 12.5. The molecule has 0 atom stereocenters. The normalized spacial score (nSPS) is 13.8. The summed E-state index contributed by atoms with van der Waals surface area (Å²) in [5.74, 6) is 0.677. The fourth-order valence-corrected chi connectivity index (χ4v) is 2.79. The number of fused-ring (bicyclic) bond motifs is 1. The van der Waals surface area contributed by atoms with E-state index in [1.165, 1.54) is 16.8 Å². The second-order valence-electron chi connectivity index (χ2n) is 4.47. The number of hydrogen-bond donors (Lipinski definition) is 1. The van der Waals surface area contributed by atoms with Crippen molar-refractivity contribution in [2.75, 3.05) is 4.90 Å². The first kappa shape index (κ1) is 11.5. The molecule has 1 N–H and O–H groups in total. The molecule has 2 nitrogen and oxygen atoms in total. The number of halogens is 1. The lowest BCUT2D eigenvalue weighted by Crippen LogP contribution is -2.25. The Hall–Kier alpha value is -1.61. The van der Waals surface area contributed by atoms with E-state index in [0.29, 0.717) is 5.84 Å². The number of benzene rings is 2. The van der Waals surface area contributed by atoms with Gasteiger partial charge in [0.25, 0.3) is 0 Å². The fourth-order valence-electron chi connectivity index (χ4n) is 2.34. The molecule has 0 aliphatic carbocycles. The van der Waals surface area contributed by atoms with Gasteiger partial charge in [-0.2, -0.15) is 0 Å². The standard InChI is InChI=1S/C15H13BrN2/c16-13-6-3-4-11(8-13)10-18-14-7-2-1-5-12(14)9-15(18)17/h1-8,17H,9-10H2. The van der Waals surface area contributed by atoms with Crippen LogP contribution < -0.4 is 4.90 Å². The molecule has 3 rings (SSSR count). The van der Waals surface area contributed by atoms with E-state index in [1.54, 1.807) is 0 Å². The maximum absolute atomic E-state index is 8.11. The van der Waals surface area contributed by atoms with E-state index in [2.05, 4.69) is 45.1 Å². The van der Waals surface area contributed by atoms with Crippen molar-refractivity contribution in [2.24, 2.45) is 0 Å². The number of nitrogens with one attached hydrogen (secondary N) is 1. The van der Waals surface area contributed by atoms with Crippen molar-refractivity contribution in [3.8, 4) is 0 Å². The number of amidine groups is 1. The van der Waals surface area contributed by atoms with Gasteiger partial charge in [0.1, 0.15) is 5.84 Å². The Morgan fingerprint density at radius 1 is 1.11 bits per heavy atom. The van der Waals surface area contributed by atoms with Crippen LogP contribution in [0.5, 0.6) is 0 Å². The Labute approximate surface area is 115 Å². The Balaban J connectivity index is 1.91. The van der Waals surface area contributed by atoms with Crippen molar-refractivity contribution < 1.29 is 0 Å². The number of para-hydroxylation sites is 1. The van der Waals surface area contributed by atoms with Gasteiger partial charge < -0.3 is 4.90 Å². The average Bonchev–Trinajstić information content (AvgIpc) is 2.66. The molecular formula is C15H13BrN2. The van der Waals surface area contributed by atoms with Gasteiger partial charge in [-0.3, -0.25) is 5.41 Å². The summed E-state index contributed by atoms with van der Waals surface area (Å²) in [5, 5.41) is 8.11. The van der Waals surface area contributed by atoms with Crippen molar-refractivity contribution >= 4 is 27.5 Å². The molecule has 0 bridgehead atoms. The minimum Gasteiger partial charge on any atom is -0.325 e. The van der Waals surface area contributed by atoms with Gasteiger partial charge in [0.15, 0.2) is 0 Å². The molecule has 0 saturated heterocycles. The summed E-state index contributed by atoms with van der Waals surface area (Å²) in [6.45, 7) is 0.759. The Morgan fingerprint density at radius 2 is 1.94 bits per heavy atom. The van der Waals surface area contributed by atoms with Crippen molar-refractivity contribution in [3.63, 3.8) is 0 Å². The second-order valence-corrected chi connectivity index (χ2v) is 5.38. The third-order valence-electron chi connectivity index (χ3n) is 3.20. The zero-order valence-electron chi connectivity index (χ0n) is 9.86. The van der Waals surface area contributed by atoms with E-state index < -0.39 is 0 Å². The average molecular weight is 301 g/mol. The minimum absolute atomic E-state index is 0.677. The Morgan fingerprint density at radius 3 is 2.78 bits per heavy atom. The van der Waals surface area contributed by atoms with Gasteiger partial charge >= 0.3 is 0 Å². The van der Waals surface area contributed by atoms with E-state index in [4.69, 9.17) is 5.41 Å². The minimum atomic E-state index is 0.677. The van der Waals surface area contributed by atoms with E-state index in [0.717, 1.165) is 17.4 Å². The molecule has 0 amide bonds. The van der Waals surface area contributed by atoms with Gasteiger partial charge in [0.05, 0.1) is 0 Å². The molecule has 0 radical (unpaired) electrons. The van der Waals surface area contributed by atoms with Crippen LogP contribution >= 0.6 is 15.9 Å². The van der Waals surface area contributed by atoms with Crippen LogP contribution in [0.4, 0.5) is 5.69 Å². The van der Waals surface area contributed by atoms with E-state index in [9.17, 15) is 0 Å². The van der Waals surface area contributed by atoms with Crippen LogP contribution in [0.15, 0.2) is 53.0 Å². The van der Waals surface area contributed by atoms with Crippen molar-refractivity contribution in [3.05, 3.63) is 64.1 Å². The number of anilines is 1. The summed E-state index contributed by atoms with van der Waals surface area (Å²) in [6, 6.07) is 16.5. The molecule has 2 aromatic rings. The molecule has 0 saturated carbocycles. The molecular weight excluding hydrogens is 288 g/mol. The van der Waals surface area contributed by atoms with E-state index >= 15 is 0 Å². The molecule has 0 aromatic heterocycles. The zero-order valence-corrected chi connectivity index (χ0v) is 11.4. The molecule has 0 spiro atoms. The highest BCUT2D eigenvalue weighted by atomic mass is 79.9.